The molecule has 3 rings (SSSR count). The maximum absolute atomic E-state index is 4.67. The minimum absolute atomic E-state index is 0.670. The Morgan fingerprint density at radius 2 is 2.29 bits per heavy atom. The molecule has 0 radical (unpaired) electrons. The van der Waals surface area contributed by atoms with Crippen molar-refractivity contribution in [1.29, 1.82) is 0 Å². The van der Waals surface area contributed by atoms with E-state index in [1.165, 1.54) is 25.1 Å². The van der Waals surface area contributed by atoms with E-state index in [2.05, 4.69) is 49.7 Å². The van der Waals surface area contributed by atoms with Crippen LogP contribution in [-0.2, 0) is 6.42 Å². The minimum atomic E-state index is 0.670. The third kappa shape index (κ3) is 2.24. The first-order valence-electron chi connectivity index (χ1n) is 6.06. The lowest BCUT2D eigenvalue weighted by Gasteiger charge is -2.17. The van der Waals surface area contributed by atoms with Gasteiger partial charge in [-0.05, 0) is 54.5 Å². The van der Waals surface area contributed by atoms with Crippen LogP contribution in [0.5, 0.6) is 0 Å². The van der Waals surface area contributed by atoms with Gasteiger partial charge in [0.15, 0.2) is 0 Å². The quantitative estimate of drug-likeness (QED) is 0.849. The summed E-state index contributed by atoms with van der Waals surface area (Å²) < 4.78 is 3.18. The zero-order valence-corrected chi connectivity index (χ0v) is 11.5. The van der Waals surface area contributed by atoms with Gasteiger partial charge in [0, 0.05) is 29.3 Å². The standard InChI is InChI=1S/C13H16BrN3/c1-16-6-2-3-12(16)7-11-9-17-8-10(14)4-5-13(17)15-11/h4-5,8-9,12H,2-3,6-7H2,1H3. The Hall–Kier alpha value is -0.870. The second kappa shape index (κ2) is 4.42. The summed E-state index contributed by atoms with van der Waals surface area (Å²) in [7, 11) is 2.21. The summed E-state index contributed by atoms with van der Waals surface area (Å²) in [5.74, 6) is 0. The Balaban J connectivity index is 1.85. The molecule has 3 nitrogen and oxygen atoms in total. The number of imidazole rings is 1. The Bertz CT molecular complexity index is 534. The first-order chi connectivity index (χ1) is 8.22. The van der Waals surface area contributed by atoms with E-state index in [1.807, 2.05) is 12.1 Å². The van der Waals surface area contributed by atoms with Gasteiger partial charge in [-0.15, -0.1) is 0 Å². The lowest BCUT2D eigenvalue weighted by atomic mass is 10.1. The summed E-state index contributed by atoms with van der Waals surface area (Å²) in [5, 5.41) is 0. The number of fused-ring (bicyclic) bond motifs is 1. The van der Waals surface area contributed by atoms with Crippen molar-refractivity contribution < 1.29 is 0 Å². The molecule has 4 heteroatoms. The van der Waals surface area contributed by atoms with Crippen molar-refractivity contribution in [3.63, 3.8) is 0 Å². The second-order valence-electron chi connectivity index (χ2n) is 4.83. The van der Waals surface area contributed by atoms with Crippen LogP contribution in [0.2, 0.25) is 0 Å². The smallest absolute Gasteiger partial charge is 0.137 e. The zero-order chi connectivity index (χ0) is 11.8. The van der Waals surface area contributed by atoms with Gasteiger partial charge in [0.2, 0.25) is 0 Å². The molecule has 2 aromatic rings. The Labute approximate surface area is 110 Å². The van der Waals surface area contributed by atoms with E-state index in [0.717, 1.165) is 16.5 Å². The number of rotatable bonds is 2. The van der Waals surface area contributed by atoms with Crippen LogP contribution < -0.4 is 0 Å². The van der Waals surface area contributed by atoms with Crippen molar-refractivity contribution in [2.24, 2.45) is 0 Å². The number of hydrogen-bond acceptors (Lipinski definition) is 2. The summed E-state index contributed by atoms with van der Waals surface area (Å²) in [5.41, 5.74) is 2.23. The highest BCUT2D eigenvalue weighted by atomic mass is 79.9. The van der Waals surface area contributed by atoms with Crippen molar-refractivity contribution in [1.82, 2.24) is 14.3 Å². The molecule has 0 aliphatic carbocycles. The lowest BCUT2D eigenvalue weighted by molar-refractivity contribution is 0.308. The van der Waals surface area contributed by atoms with E-state index >= 15 is 0 Å². The number of hydrogen-bond donors (Lipinski definition) is 0. The molecule has 1 aliphatic heterocycles. The van der Waals surface area contributed by atoms with Crippen LogP contribution in [0.15, 0.2) is 29.0 Å². The SMILES string of the molecule is CN1CCCC1Cc1cn2cc(Br)ccc2n1. The van der Waals surface area contributed by atoms with Crippen LogP contribution in [0.3, 0.4) is 0 Å². The normalized spacial score (nSPS) is 21.4. The van der Waals surface area contributed by atoms with Crippen LogP contribution in [0.1, 0.15) is 18.5 Å². The van der Waals surface area contributed by atoms with Crippen molar-refractivity contribution in [3.05, 3.63) is 34.7 Å². The first-order valence-corrected chi connectivity index (χ1v) is 6.85. The van der Waals surface area contributed by atoms with Gasteiger partial charge in [-0.25, -0.2) is 4.98 Å². The molecule has 1 aliphatic rings. The molecule has 2 aromatic heterocycles. The lowest BCUT2D eigenvalue weighted by Crippen LogP contribution is -2.26. The average molecular weight is 294 g/mol. The summed E-state index contributed by atoms with van der Waals surface area (Å²) in [4.78, 5) is 7.11. The molecule has 0 bridgehead atoms. The number of likely N-dealkylation sites (tertiary alicyclic amines) is 1. The molecule has 0 amide bonds. The monoisotopic (exact) mass is 293 g/mol. The zero-order valence-electron chi connectivity index (χ0n) is 9.93. The summed E-state index contributed by atoms with van der Waals surface area (Å²) in [6.45, 7) is 1.23. The number of aromatic nitrogens is 2. The summed E-state index contributed by atoms with van der Waals surface area (Å²) >= 11 is 3.48. The van der Waals surface area contributed by atoms with E-state index in [9.17, 15) is 0 Å². The Morgan fingerprint density at radius 3 is 3.06 bits per heavy atom. The van der Waals surface area contributed by atoms with Gasteiger partial charge in [-0.1, -0.05) is 0 Å². The fraction of sp³-hybridized carbons (Fsp3) is 0.462. The fourth-order valence-corrected chi connectivity index (χ4v) is 2.95. The van der Waals surface area contributed by atoms with Crippen molar-refractivity contribution in [2.75, 3.05) is 13.6 Å². The molecule has 17 heavy (non-hydrogen) atoms. The number of likely N-dealkylation sites (N-methyl/N-ethyl adjacent to an activating group) is 1. The highest BCUT2D eigenvalue weighted by Gasteiger charge is 2.21. The van der Waals surface area contributed by atoms with E-state index in [1.54, 1.807) is 0 Å². The number of halogens is 1. The van der Waals surface area contributed by atoms with Crippen molar-refractivity contribution >= 4 is 21.6 Å². The number of nitrogens with zero attached hydrogens (tertiary/aromatic N) is 3. The van der Waals surface area contributed by atoms with E-state index < -0.39 is 0 Å². The first kappa shape index (κ1) is 11.2. The molecule has 0 aromatic carbocycles. The van der Waals surface area contributed by atoms with E-state index in [-0.39, 0.29) is 0 Å². The average Bonchev–Trinajstić information content (AvgIpc) is 2.85. The molecule has 0 saturated carbocycles. The molecular weight excluding hydrogens is 278 g/mol. The van der Waals surface area contributed by atoms with Gasteiger partial charge in [-0.3, -0.25) is 0 Å². The minimum Gasteiger partial charge on any atom is -0.306 e. The predicted octanol–water partition coefficient (Wildman–Crippen LogP) is 2.73. The Morgan fingerprint density at radius 1 is 1.41 bits per heavy atom. The van der Waals surface area contributed by atoms with Crippen LogP contribution in [0.25, 0.3) is 5.65 Å². The molecular formula is C13H16BrN3. The number of pyridine rings is 1. The topological polar surface area (TPSA) is 20.5 Å². The maximum Gasteiger partial charge on any atom is 0.137 e. The molecule has 3 heterocycles. The predicted molar refractivity (Wildman–Crippen MR) is 72.2 cm³/mol. The summed E-state index contributed by atoms with van der Waals surface area (Å²) in [6.07, 6.45) is 7.89. The molecule has 0 N–H and O–H groups in total. The largest absolute Gasteiger partial charge is 0.306 e. The van der Waals surface area contributed by atoms with Crippen molar-refractivity contribution in [3.8, 4) is 0 Å². The Kier molecular flexibility index (Phi) is 2.92. The van der Waals surface area contributed by atoms with Crippen LogP contribution in [0, 0.1) is 0 Å². The van der Waals surface area contributed by atoms with Crippen LogP contribution in [-0.4, -0.2) is 33.9 Å². The molecule has 1 fully saturated rings. The molecule has 1 unspecified atom stereocenters. The van der Waals surface area contributed by atoms with Crippen LogP contribution in [0.4, 0.5) is 0 Å². The fourth-order valence-electron chi connectivity index (χ4n) is 2.59. The molecule has 1 saturated heterocycles. The van der Waals surface area contributed by atoms with Gasteiger partial charge in [0.05, 0.1) is 5.69 Å². The van der Waals surface area contributed by atoms with Gasteiger partial charge in [0.25, 0.3) is 0 Å². The van der Waals surface area contributed by atoms with Crippen LogP contribution >= 0.6 is 15.9 Å². The van der Waals surface area contributed by atoms with Gasteiger partial charge in [-0.2, -0.15) is 0 Å². The highest BCUT2D eigenvalue weighted by Crippen LogP contribution is 2.20. The summed E-state index contributed by atoms with van der Waals surface area (Å²) in [6, 6.07) is 4.75. The highest BCUT2D eigenvalue weighted by molar-refractivity contribution is 9.10. The second-order valence-corrected chi connectivity index (χ2v) is 5.74. The molecule has 1 atom stereocenters. The maximum atomic E-state index is 4.67. The van der Waals surface area contributed by atoms with E-state index in [4.69, 9.17) is 0 Å². The molecule has 90 valence electrons. The third-order valence-electron chi connectivity index (χ3n) is 3.58. The van der Waals surface area contributed by atoms with Gasteiger partial charge < -0.3 is 9.30 Å². The molecule has 0 spiro atoms. The van der Waals surface area contributed by atoms with Gasteiger partial charge in [0.1, 0.15) is 5.65 Å². The van der Waals surface area contributed by atoms with Gasteiger partial charge >= 0.3 is 0 Å². The third-order valence-corrected chi connectivity index (χ3v) is 4.05. The van der Waals surface area contributed by atoms with E-state index in [0.29, 0.717) is 6.04 Å². The van der Waals surface area contributed by atoms with Crippen molar-refractivity contribution in [2.45, 2.75) is 25.3 Å².